The molecule has 0 N–H and O–H groups in total. The topological polar surface area (TPSA) is 12.9 Å². The summed E-state index contributed by atoms with van der Waals surface area (Å²) in [4.78, 5) is 6.04. The molecule has 0 unspecified atom stereocenters. The van der Waals surface area contributed by atoms with E-state index >= 15 is 0 Å². The average molecular weight is 316 g/mol. The van der Waals surface area contributed by atoms with Crippen LogP contribution < -0.4 is 0 Å². The van der Waals surface area contributed by atoms with E-state index in [4.69, 9.17) is 0 Å². The van der Waals surface area contributed by atoms with Crippen molar-refractivity contribution < 1.29 is 0 Å². The number of pyridine rings is 1. The first kappa shape index (κ1) is 17.1. The van der Waals surface area contributed by atoms with Crippen LogP contribution in [0.3, 0.4) is 0 Å². The molecule has 1 nitrogen and oxygen atoms in total. The van der Waals surface area contributed by atoms with Crippen molar-refractivity contribution in [2.75, 3.05) is 0 Å². The van der Waals surface area contributed by atoms with Crippen molar-refractivity contribution in [3.05, 3.63) is 48.7 Å². The summed E-state index contributed by atoms with van der Waals surface area (Å²) in [6.45, 7) is 14.3. The third-order valence-corrected chi connectivity index (χ3v) is 10.3. The molecule has 1 aromatic heterocycles. The molecule has 0 aliphatic heterocycles. The molecule has 2 aromatic rings. The molecule has 0 aliphatic carbocycles. The molecule has 0 spiro atoms. The van der Waals surface area contributed by atoms with Gasteiger partial charge >= 0.3 is 0 Å². The molecule has 0 atom stereocenters. The first-order valence-electron chi connectivity index (χ1n) is 8.22. The fraction of sp³-hybridized carbons (Fsp3) is 0.450. The van der Waals surface area contributed by atoms with Crippen molar-refractivity contribution in [2.24, 2.45) is 0 Å². The number of hydrogen-bond acceptors (Lipinski definition) is 1. The van der Waals surface area contributed by atoms with E-state index in [9.17, 15) is 0 Å². The minimum Gasteiger partial charge on any atom is -0.256 e. The standard InChI is InChI=1S/C20H29NS/c1-15(2)22(16(3)4,17(5)6)19-11-9-10-18(14-19)20-12-7-8-13-21-20/h7-17H,1-6H3. The predicted octanol–water partition coefficient (Wildman–Crippen LogP) is 6.14. The molecular weight excluding hydrogens is 286 g/mol. The monoisotopic (exact) mass is 315 g/mol. The van der Waals surface area contributed by atoms with E-state index in [1.54, 1.807) is 0 Å². The Balaban J connectivity index is 2.59. The highest BCUT2D eigenvalue weighted by atomic mass is 32.3. The van der Waals surface area contributed by atoms with Gasteiger partial charge in [0.2, 0.25) is 0 Å². The van der Waals surface area contributed by atoms with Crippen molar-refractivity contribution >= 4 is 10.0 Å². The third kappa shape index (κ3) is 2.94. The lowest BCUT2D eigenvalue weighted by Crippen LogP contribution is -2.28. The van der Waals surface area contributed by atoms with E-state index in [1.807, 2.05) is 12.3 Å². The van der Waals surface area contributed by atoms with Gasteiger partial charge in [0, 0.05) is 11.8 Å². The van der Waals surface area contributed by atoms with Gasteiger partial charge in [0.1, 0.15) is 0 Å². The largest absolute Gasteiger partial charge is 0.256 e. The second-order valence-electron chi connectivity index (χ2n) is 6.65. The molecule has 2 rings (SSSR count). The Kier molecular flexibility index (Phi) is 5.33. The summed E-state index contributed by atoms with van der Waals surface area (Å²) in [6.07, 6.45) is 1.87. The van der Waals surface area contributed by atoms with Gasteiger partial charge < -0.3 is 0 Å². The van der Waals surface area contributed by atoms with Crippen molar-refractivity contribution in [1.82, 2.24) is 4.98 Å². The highest BCUT2D eigenvalue weighted by Crippen LogP contribution is 2.66. The molecule has 1 heterocycles. The number of benzene rings is 1. The van der Waals surface area contributed by atoms with Gasteiger partial charge in [-0.25, -0.2) is 10.0 Å². The van der Waals surface area contributed by atoms with Crippen LogP contribution in [-0.2, 0) is 0 Å². The lowest BCUT2D eigenvalue weighted by molar-refractivity contribution is 0.935. The summed E-state index contributed by atoms with van der Waals surface area (Å²) in [5, 5.41) is 2.02. The fourth-order valence-electron chi connectivity index (χ4n) is 3.86. The Hall–Kier alpha value is -1.28. The Morgan fingerprint density at radius 2 is 1.41 bits per heavy atom. The molecular formula is C20H29NS. The van der Waals surface area contributed by atoms with Crippen LogP contribution in [-0.4, -0.2) is 20.7 Å². The van der Waals surface area contributed by atoms with Gasteiger partial charge in [0.05, 0.1) is 5.69 Å². The van der Waals surface area contributed by atoms with Gasteiger partial charge in [0.25, 0.3) is 0 Å². The average Bonchev–Trinajstić information content (AvgIpc) is 2.48. The number of hydrogen-bond donors (Lipinski definition) is 0. The Morgan fingerprint density at radius 3 is 1.91 bits per heavy atom. The Labute approximate surface area is 137 Å². The van der Waals surface area contributed by atoms with Crippen LogP contribution in [0.1, 0.15) is 41.5 Å². The van der Waals surface area contributed by atoms with Crippen LogP contribution in [0.4, 0.5) is 0 Å². The van der Waals surface area contributed by atoms with E-state index in [0.29, 0.717) is 15.7 Å². The SMILES string of the molecule is CC(C)S(c1cccc(-c2ccccn2)c1)(C(C)C)C(C)C. The van der Waals surface area contributed by atoms with Crippen LogP contribution in [0.5, 0.6) is 0 Å². The van der Waals surface area contributed by atoms with Crippen LogP contribution in [0.25, 0.3) is 11.3 Å². The van der Waals surface area contributed by atoms with Gasteiger partial charge in [-0.3, -0.25) is 4.98 Å². The zero-order chi connectivity index (χ0) is 16.3. The smallest absolute Gasteiger partial charge is 0.0702 e. The van der Waals surface area contributed by atoms with Crippen LogP contribution >= 0.6 is 10.0 Å². The van der Waals surface area contributed by atoms with E-state index in [0.717, 1.165) is 5.69 Å². The maximum absolute atomic E-state index is 4.52. The quantitative estimate of drug-likeness (QED) is 0.646. The molecule has 1 aromatic carbocycles. The van der Waals surface area contributed by atoms with Crippen molar-refractivity contribution in [3.8, 4) is 11.3 Å². The fourth-order valence-corrected chi connectivity index (χ4v) is 9.40. The number of aromatic nitrogens is 1. The minimum atomic E-state index is -0.883. The zero-order valence-corrected chi connectivity index (χ0v) is 15.5. The maximum atomic E-state index is 4.52. The van der Waals surface area contributed by atoms with Crippen molar-refractivity contribution in [2.45, 2.75) is 62.2 Å². The molecule has 120 valence electrons. The molecule has 2 heteroatoms. The number of rotatable bonds is 5. The molecule has 0 amide bonds. The summed E-state index contributed by atoms with van der Waals surface area (Å²) in [6, 6.07) is 15.2. The predicted molar refractivity (Wildman–Crippen MR) is 101 cm³/mol. The summed E-state index contributed by atoms with van der Waals surface area (Å²) < 4.78 is 0. The first-order valence-corrected chi connectivity index (χ1v) is 10.0. The normalized spacial score (nSPS) is 13.1. The van der Waals surface area contributed by atoms with Gasteiger partial charge in [-0.15, -0.1) is 0 Å². The lowest BCUT2D eigenvalue weighted by atomic mass is 10.1. The molecule has 22 heavy (non-hydrogen) atoms. The second kappa shape index (κ2) is 6.87. The lowest BCUT2D eigenvalue weighted by Gasteiger charge is -2.52. The van der Waals surface area contributed by atoms with E-state index in [1.165, 1.54) is 10.5 Å². The van der Waals surface area contributed by atoms with Crippen molar-refractivity contribution in [1.29, 1.82) is 0 Å². The van der Waals surface area contributed by atoms with E-state index in [2.05, 4.69) is 82.9 Å². The maximum Gasteiger partial charge on any atom is 0.0702 e. The molecule has 0 saturated carbocycles. The Bertz CT molecular complexity index is 580. The second-order valence-corrected chi connectivity index (χ2v) is 11.5. The molecule has 0 aliphatic rings. The zero-order valence-electron chi connectivity index (χ0n) is 14.7. The van der Waals surface area contributed by atoms with Crippen LogP contribution in [0.2, 0.25) is 0 Å². The highest BCUT2D eigenvalue weighted by Gasteiger charge is 2.36. The van der Waals surface area contributed by atoms with E-state index < -0.39 is 10.0 Å². The Morgan fingerprint density at radius 1 is 0.773 bits per heavy atom. The third-order valence-electron chi connectivity index (χ3n) is 4.54. The number of nitrogens with zero attached hydrogens (tertiary/aromatic N) is 1. The van der Waals surface area contributed by atoms with Gasteiger partial charge in [-0.2, -0.15) is 0 Å². The van der Waals surface area contributed by atoms with Crippen LogP contribution in [0, 0.1) is 0 Å². The summed E-state index contributed by atoms with van der Waals surface area (Å²) in [5.74, 6) is 0. The summed E-state index contributed by atoms with van der Waals surface area (Å²) >= 11 is 0. The summed E-state index contributed by atoms with van der Waals surface area (Å²) in [7, 11) is -0.883. The highest BCUT2D eigenvalue weighted by molar-refractivity contribution is 8.35. The van der Waals surface area contributed by atoms with Gasteiger partial charge in [0.15, 0.2) is 0 Å². The van der Waals surface area contributed by atoms with Gasteiger partial charge in [-0.05, 0) is 38.8 Å². The molecule has 0 radical (unpaired) electrons. The summed E-state index contributed by atoms with van der Waals surface area (Å²) in [5.41, 5.74) is 2.30. The van der Waals surface area contributed by atoms with E-state index in [-0.39, 0.29) is 0 Å². The molecule has 0 saturated heterocycles. The minimum absolute atomic E-state index is 0.673. The van der Waals surface area contributed by atoms with Gasteiger partial charge in [-0.1, -0.05) is 65.8 Å². The molecule has 0 bridgehead atoms. The van der Waals surface area contributed by atoms with Crippen LogP contribution in [0.15, 0.2) is 53.6 Å². The first-order chi connectivity index (χ1) is 10.4. The van der Waals surface area contributed by atoms with Crippen molar-refractivity contribution in [3.63, 3.8) is 0 Å². The molecule has 0 fully saturated rings.